The molecule has 0 radical (unpaired) electrons. The molecule has 1 rings (SSSR count). The molecule has 1 aromatic rings. The number of nitrogens with two attached hydrogens (primary N) is 1. The van der Waals surface area contributed by atoms with Crippen molar-refractivity contribution in [2.45, 2.75) is 25.8 Å². The lowest BCUT2D eigenvalue weighted by Crippen LogP contribution is -2.47. The second-order valence-electron chi connectivity index (χ2n) is 4.41. The van der Waals surface area contributed by atoms with E-state index in [9.17, 15) is 4.79 Å². The monoisotopic (exact) mass is 267 g/mol. The van der Waals surface area contributed by atoms with Gasteiger partial charge in [-0.2, -0.15) is 0 Å². The summed E-state index contributed by atoms with van der Waals surface area (Å²) >= 11 is 0. The number of carbonyl (C=O) groups is 1. The molecule has 0 spiro atoms. The van der Waals surface area contributed by atoms with Gasteiger partial charge in [0, 0.05) is 6.42 Å². The van der Waals surface area contributed by atoms with E-state index in [2.05, 4.69) is 0 Å². The Kier molecular flexibility index (Phi) is 5.63. The van der Waals surface area contributed by atoms with Crippen molar-refractivity contribution in [1.29, 1.82) is 0 Å². The first-order chi connectivity index (χ1) is 8.99. The molecule has 0 aromatic heterocycles. The van der Waals surface area contributed by atoms with E-state index in [4.69, 9.17) is 19.9 Å². The topological polar surface area (TPSA) is 70.8 Å². The molecular weight excluding hydrogens is 246 g/mol. The summed E-state index contributed by atoms with van der Waals surface area (Å²) in [5.41, 5.74) is 4.86. The molecule has 1 atom stereocenters. The highest BCUT2D eigenvalue weighted by molar-refractivity contribution is 5.79. The van der Waals surface area contributed by atoms with E-state index in [1.807, 2.05) is 12.1 Å². The van der Waals surface area contributed by atoms with Crippen molar-refractivity contribution in [2.75, 3.05) is 20.3 Å². The standard InChI is InChI=1S/C14H21NO4/c1-4-18-13(16)14(2,15)9-10-19-12-7-5-11(17-3)6-8-12/h5-8H,4,9-10,15H2,1-3H3. The smallest absolute Gasteiger partial charge is 0.325 e. The van der Waals surface area contributed by atoms with Gasteiger partial charge in [0.1, 0.15) is 17.0 Å². The summed E-state index contributed by atoms with van der Waals surface area (Å²) in [6, 6.07) is 7.22. The van der Waals surface area contributed by atoms with Crippen LogP contribution in [0, 0.1) is 0 Å². The van der Waals surface area contributed by atoms with Crippen molar-refractivity contribution in [3.8, 4) is 11.5 Å². The van der Waals surface area contributed by atoms with Crippen molar-refractivity contribution >= 4 is 5.97 Å². The Bertz CT molecular complexity index is 400. The molecule has 5 nitrogen and oxygen atoms in total. The Morgan fingerprint density at radius 1 is 1.26 bits per heavy atom. The van der Waals surface area contributed by atoms with E-state index >= 15 is 0 Å². The van der Waals surface area contributed by atoms with Gasteiger partial charge in [-0.15, -0.1) is 0 Å². The van der Waals surface area contributed by atoms with E-state index in [0.717, 1.165) is 5.75 Å². The summed E-state index contributed by atoms with van der Waals surface area (Å²) in [7, 11) is 1.61. The number of esters is 1. The first-order valence-corrected chi connectivity index (χ1v) is 6.22. The van der Waals surface area contributed by atoms with Crippen LogP contribution in [0.4, 0.5) is 0 Å². The third kappa shape index (κ3) is 4.79. The molecule has 0 aliphatic rings. The number of ether oxygens (including phenoxy) is 3. The fourth-order valence-corrected chi connectivity index (χ4v) is 1.45. The molecule has 2 N–H and O–H groups in total. The molecule has 0 saturated carbocycles. The van der Waals surface area contributed by atoms with Crippen LogP contribution in [0.3, 0.4) is 0 Å². The Morgan fingerprint density at radius 3 is 2.37 bits per heavy atom. The average molecular weight is 267 g/mol. The van der Waals surface area contributed by atoms with Gasteiger partial charge in [0.25, 0.3) is 0 Å². The van der Waals surface area contributed by atoms with Crippen LogP contribution in [-0.2, 0) is 9.53 Å². The number of carbonyl (C=O) groups excluding carboxylic acids is 1. The van der Waals surface area contributed by atoms with Crippen LogP contribution in [-0.4, -0.2) is 31.8 Å². The van der Waals surface area contributed by atoms with Gasteiger partial charge in [0.05, 0.1) is 20.3 Å². The third-order valence-electron chi connectivity index (χ3n) is 2.69. The van der Waals surface area contributed by atoms with Gasteiger partial charge < -0.3 is 19.9 Å². The molecular formula is C14H21NO4. The first-order valence-electron chi connectivity index (χ1n) is 6.22. The highest BCUT2D eigenvalue weighted by Gasteiger charge is 2.29. The minimum absolute atomic E-state index is 0.324. The molecule has 1 unspecified atom stereocenters. The molecule has 106 valence electrons. The lowest BCUT2D eigenvalue weighted by Gasteiger charge is -2.22. The van der Waals surface area contributed by atoms with Crippen LogP contribution < -0.4 is 15.2 Å². The van der Waals surface area contributed by atoms with Crippen LogP contribution in [0.2, 0.25) is 0 Å². The summed E-state index contributed by atoms with van der Waals surface area (Å²) in [4.78, 5) is 11.6. The summed E-state index contributed by atoms with van der Waals surface area (Å²) < 4.78 is 15.5. The van der Waals surface area contributed by atoms with Gasteiger partial charge in [-0.1, -0.05) is 0 Å². The number of rotatable bonds is 7. The van der Waals surface area contributed by atoms with Crippen LogP contribution >= 0.6 is 0 Å². The van der Waals surface area contributed by atoms with E-state index < -0.39 is 11.5 Å². The van der Waals surface area contributed by atoms with Crippen molar-refractivity contribution in [2.24, 2.45) is 5.73 Å². The summed E-state index contributed by atoms with van der Waals surface area (Å²) in [5, 5.41) is 0. The third-order valence-corrected chi connectivity index (χ3v) is 2.69. The SMILES string of the molecule is CCOC(=O)C(C)(N)CCOc1ccc(OC)cc1. The minimum Gasteiger partial charge on any atom is -0.497 e. The molecule has 0 saturated heterocycles. The largest absolute Gasteiger partial charge is 0.497 e. The van der Waals surface area contributed by atoms with Crippen molar-refractivity contribution in [1.82, 2.24) is 0 Å². The van der Waals surface area contributed by atoms with Crippen LogP contribution in [0.5, 0.6) is 11.5 Å². The predicted octanol–water partition coefficient (Wildman–Crippen LogP) is 1.74. The maximum absolute atomic E-state index is 11.6. The second kappa shape index (κ2) is 6.99. The Morgan fingerprint density at radius 2 is 1.84 bits per heavy atom. The Hall–Kier alpha value is -1.75. The molecule has 0 aliphatic heterocycles. The van der Waals surface area contributed by atoms with E-state index in [0.29, 0.717) is 25.4 Å². The number of methoxy groups -OCH3 is 1. The van der Waals surface area contributed by atoms with Crippen molar-refractivity contribution in [3.05, 3.63) is 24.3 Å². The molecule has 0 amide bonds. The van der Waals surface area contributed by atoms with E-state index in [1.54, 1.807) is 33.1 Å². The number of hydrogen-bond acceptors (Lipinski definition) is 5. The number of hydrogen-bond donors (Lipinski definition) is 1. The van der Waals surface area contributed by atoms with Gasteiger partial charge in [0.15, 0.2) is 0 Å². The maximum atomic E-state index is 11.6. The van der Waals surface area contributed by atoms with Crippen molar-refractivity contribution in [3.63, 3.8) is 0 Å². The fraction of sp³-hybridized carbons (Fsp3) is 0.500. The maximum Gasteiger partial charge on any atom is 0.325 e. The first kappa shape index (κ1) is 15.3. The molecule has 19 heavy (non-hydrogen) atoms. The Balaban J connectivity index is 2.42. The lowest BCUT2D eigenvalue weighted by molar-refractivity contribution is -0.149. The van der Waals surface area contributed by atoms with Crippen LogP contribution in [0.25, 0.3) is 0 Å². The molecule has 1 aromatic carbocycles. The van der Waals surface area contributed by atoms with Crippen molar-refractivity contribution < 1.29 is 19.0 Å². The second-order valence-corrected chi connectivity index (χ2v) is 4.41. The molecule has 0 fully saturated rings. The molecule has 0 aliphatic carbocycles. The quantitative estimate of drug-likeness (QED) is 0.762. The molecule has 5 heteroatoms. The molecule has 0 bridgehead atoms. The Labute approximate surface area is 113 Å². The summed E-state index contributed by atoms with van der Waals surface area (Å²) in [6.07, 6.45) is 0.387. The minimum atomic E-state index is -1.03. The van der Waals surface area contributed by atoms with E-state index in [-0.39, 0.29) is 0 Å². The van der Waals surface area contributed by atoms with E-state index in [1.165, 1.54) is 0 Å². The molecule has 0 heterocycles. The average Bonchev–Trinajstić information content (AvgIpc) is 2.39. The summed E-state index contributed by atoms with van der Waals surface area (Å²) in [6.45, 7) is 4.06. The van der Waals surface area contributed by atoms with Gasteiger partial charge in [0.2, 0.25) is 0 Å². The van der Waals surface area contributed by atoms with Gasteiger partial charge in [-0.05, 0) is 38.1 Å². The number of benzene rings is 1. The zero-order valence-corrected chi connectivity index (χ0v) is 11.6. The normalized spacial score (nSPS) is 13.5. The van der Waals surface area contributed by atoms with Gasteiger partial charge >= 0.3 is 5.97 Å². The summed E-state index contributed by atoms with van der Waals surface area (Å²) in [5.74, 6) is 1.07. The zero-order valence-electron chi connectivity index (χ0n) is 11.6. The van der Waals surface area contributed by atoms with Gasteiger partial charge in [-0.3, -0.25) is 4.79 Å². The van der Waals surface area contributed by atoms with Crippen LogP contribution in [0.15, 0.2) is 24.3 Å². The lowest BCUT2D eigenvalue weighted by atomic mass is 10.0. The van der Waals surface area contributed by atoms with Crippen LogP contribution in [0.1, 0.15) is 20.3 Å². The zero-order chi connectivity index (χ0) is 14.3. The predicted molar refractivity (Wildman–Crippen MR) is 72.3 cm³/mol. The highest BCUT2D eigenvalue weighted by atomic mass is 16.5. The highest BCUT2D eigenvalue weighted by Crippen LogP contribution is 2.18. The van der Waals surface area contributed by atoms with Gasteiger partial charge in [-0.25, -0.2) is 0 Å². The fourth-order valence-electron chi connectivity index (χ4n) is 1.45.